The van der Waals surface area contributed by atoms with Gasteiger partial charge in [-0.25, -0.2) is 0 Å². The second-order valence-corrected chi connectivity index (χ2v) is 5.29. The number of furan rings is 1. The van der Waals surface area contributed by atoms with Crippen LogP contribution in [0.4, 0.5) is 11.4 Å². The smallest absolute Gasteiger partial charge is 0.257 e. The molecule has 0 spiro atoms. The summed E-state index contributed by atoms with van der Waals surface area (Å²) >= 11 is 5.82. The minimum absolute atomic E-state index is 0.235. The second-order valence-electron chi connectivity index (χ2n) is 4.86. The number of hydrogen-bond acceptors (Lipinski definition) is 4. The lowest BCUT2D eigenvalue weighted by atomic mass is 10.2. The van der Waals surface area contributed by atoms with Crippen LogP contribution in [0.2, 0.25) is 5.02 Å². The van der Waals surface area contributed by atoms with E-state index in [0.29, 0.717) is 22.8 Å². The fraction of sp³-hybridized carbons (Fsp3) is 0.0588. The molecule has 1 aromatic carbocycles. The highest BCUT2D eigenvalue weighted by Gasteiger charge is 2.08. The van der Waals surface area contributed by atoms with Crippen molar-refractivity contribution in [3.05, 3.63) is 77.5 Å². The first-order chi connectivity index (χ1) is 11.2. The SMILES string of the molecule is O=C(Nc1ccc(Cl)cc1)c1cncc(NCc2ccco2)c1. The first-order valence-corrected chi connectivity index (χ1v) is 7.37. The van der Waals surface area contributed by atoms with Gasteiger partial charge in [-0.05, 0) is 42.5 Å². The summed E-state index contributed by atoms with van der Waals surface area (Å²) in [5, 5.41) is 6.58. The zero-order valence-electron chi connectivity index (χ0n) is 12.1. The number of nitrogens with one attached hydrogen (secondary N) is 2. The van der Waals surface area contributed by atoms with Crippen molar-refractivity contribution in [3.63, 3.8) is 0 Å². The Morgan fingerprint density at radius 2 is 1.96 bits per heavy atom. The summed E-state index contributed by atoms with van der Waals surface area (Å²) in [6.45, 7) is 0.525. The molecule has 1 amide bonds. The maximum Gasteiger partial charge on any atom is 0.257 e. The number of hydrogen-bond donors (Lipinski definition) is 2. The van der Waals surface area contributed by atoms with Crippen molar-refractivity contribution < 1.29 is 9.21 Å². The highest BCUT2D eigenvalue weighted by atomic mass is 35.5. The molecule has 0 fully saturated rings. The monoisotopic (exact) mass is 327 g/mol. The number of aromatic nitrogens is 1. The Morgan fingerprint density at radius 3 is 2.70 bits per heavy atom. The molecular weight excluding hydrogens is 314 g/mol. The van der Waals surface area contributed by atoms with E-state index in [4.69, 9.17) is 16.0 Å². The molecule has 116 valence electrons. The van der Waals surface area contributed by atoms with Gasteiger partial charge in [0.15, 0.2) is 0 Å². The van der Waals surface area contributed by atoms with E-state index in [1.165, 1.54) is 6.20 Å². The zero-order valence-corrected chi connectivity index (χ0v) is 12.9. The van der Waals surface area contributed by atoms with Crippen LogP contribution in [0.5, 0.6) is 0 Å². The molecule has 0 aliphatic heterocycles. The third-order valence-corrected chi connectivity index (χ3v) is 3.40. The lowest BCUT2D eigenvalue weighted by Gasteiger charge is -2.08. The summed E-state index contributed by atoms with van der Waals surface area (Å²) in [7, 11) is 0. The molecule has 0 saturated carbocycles. The Bertz CT molecular complexity index is 786. The van der Waals surface area contributed by atoms with Gasteiger partial charge in [0.25, 0.3) is 5.91 Å². The quantitative estimate of drug-likeness (QED) is 0.737. The molecule has 0 aliphatic carbocycles. The van der Waals surface area contributed by atoms with Crippen LogP contribution in [-0.2, 0) is 6.54 Å². The molecule has 0 atom stereocenters. The molecular formula is C17H14ClN3O2. The van der Waals surface area contributed by atoms with Crippen LogP contribution < -0.4 is 10.6 Å². The van der Waals surface area contributed by atoms with Gasteiger partial charge < -0.3 is 15.1 Å². The van der Waals surface area contributed by atoms with E-state index in [-0.39, 0.29) is 5.91 Å². The van der Waals surface area contributed by atoms with Gasteiger partial charge in [0.05, 0.1) is 24.1 Å². The first kappa shape index (κ1) is 15.1. The number of anilines is 2. The first-order valence-electron chi connectivity index (χ1n) is 6.99. The predicted molar refractivity (Wildman–Crippen MR) is 89.7 cm³/mol. The Hall–Kier alpha value is -2.79. The molecule has 23 heavy (non-hydrogen) atoms. The summed E-state index contributed by atoms with van der Waals surface area (Å²) in [5.41, 5.74) is 1.88. The zero-order chi connectivity index (χ0) is 16.1. The maximum absolute atomic E-state index is 12.3. The Balaban J connectivity index is 1.66. The van der Waals surface area contributed by atoms with Gasteiger partial charge >= 0.3 is 0 Å². The summed E-state index contributed by atoms with van der Waals surface area (Å²) in [4.78, 5) is 16.3. The molecule has 2 heterocycles. The van der Waals surface area contributed by atoms with Crippen molar-refractivity contribution in [2.24, 2.45) is 0 Å². The number of pyridine rings is 1. The average Bonchev–Trinajstić information content (AvgIpc) is 3.09. The third-order valence-electron chi connectivity index (χ3n) is 3.15. The molecule has 5 nitrogen and oxygen atoms in total. The number of rotatable bonds is 5. The van der Waals surface area contributed by atoms with Gasteiger partial charge in [-0.15, -0.1) is 0 Å². The van der Waals surface area contributed by atoms with Gasteiger partial charge in [0, 0.05) is 23.1 Å². The van der Waals surface area contributed by atoms with Crippen molar-refractivity contribution >= 4 is 28.9 Å². The number of nitrogens with zero attached hydrogens (tertiary/aromatic N) is 1. The highest BCUT2D eigenvalue weighted by Crippen LogP contribution is 2.16. The lowest BCUT2D eigenvalue weighted by molar-refractivity contribution is 0.102. The molecule has 0 saturated heterocycles. The number of amides is 1. The van der Waals surface area contributed by atoms with Gasteiger partial charge in [-0.1, -0.05) is 11.6 Å². The highest BCUT2D eigenvalue weighted by molar-refractivity contribution is 6.30. The van der Waals surface area contributed by atoms with E-state index in [2.05, 4.69) is 15.6 Å². The molecule has 0 aliphatic rings. The lowest BCUT2D eigenvalue weighted by Crippen LogP contribution is -2.12. The van der Waals surface area contributed by atoms with Crippen LogP contribution in [0, 0.1) is 0 Å². The second kappa shape index (κ2) is 6.98. The summed E-state index contributed by atoms with van der Waals surface area (Å²) < 4.78 is 5.25. The van der Waals surface area contributed by atoms with Crippen LogP contribution in [-0.4, -0.2) is 10.9 Å². The molecule has 0 bridgehead atoms. The van der Waals surface area contributed by atoms with Gasteiger partial charge in [-0.2, -0.15) is 0 Å². The van der Waals surface area contributed by atoms with Gasteiger partial charge in [0.2, 0.25) is 0 Å². The standard InChI is InChI=1S/C17H14ClN3O2/c18-13-3-5-14(6-4-13)21-17(22)12-8-15(10-19-9-12)20-11-16-2-1-7-23-16/h1-10,20H,11H2,(H,21,22). The molecule has 6 heteroatoms. The van der Waals surface area contributed by atoms with Crippen molar-refractivity contribution in [3.8, 4) is 0 Å². The molecule has 3 aromatic rings. The van der Waals surface area contributed by atoms with Crippen molar-refractivity contribution in [2.75, 3.05) is 10.6 Å². The Kier molecular flexibility index (Phi) is 4.59. The molecule has 2 N–H and O–H groups in total. The van der Waals surface area contributed by atoms with E-state index in [9.17, 15) is 4.79 Å². The van der Waals surface area contributed by atoms with E-state index >= 15 is 0 Å². The number of halogens is 1. The molecule has 2 aromatic heterocycles. The Morgan fingerprint density at radius 1 is 1.13 bits per heavy atom. The van der Waals surface area contributed by atoms with Gasteiger partial charge in [0.1, 0.15) is 5.76 Å². The van der Waals surface area contributed by atoms with Crippen LogP contribution >= 0.6 is 11.6 Å². The molecule has 0 unspecified atom stereocenters. The van der Waals surface area contributed by atoms with E-state index in [1.807, 2.05) is 12.1 Å². The van der Waals surface area contributed by atoms with Crippen LogP contribution in [0.1, 0.15) is 16.1 Å². The summed E-state index contributed by atoms with van der Waals surface area (Å²) in [6, 6.07) is 12.4. The average molecular weight is 328 g/mol. The predicted octanol–water partition coefficient (Wildman–Crippen LogP) is 4.19. The minimum Gasteiger partial charge on any atom is -0.467 e. The maximum atomic E-state index is 12.3. The molecule has 3 rings (SSSR count). The van der Waals surface area contributed by atoms with E-state index < -0.39 is 0 Å². The fourth-order valence-electron chi connectivity index (χ4n) is 2.00. The van der Waals surface area contributed by atoms with Crippen LogP contribution in [0.3, 0.4) is 0 Å². The normalized spacial score (nSPS) is 10.3. The number of carbonyl (C=O) groups excluding carboxylic acids is 1. The van der Waals surface area contributed by atoms with Gasteiger partial charge in [-0.3, -0.25) is 9.78 Å². The van der Waals surface area contributed by atoms with Crippen LogP contribution in [0.25, 0.3) is 0 Å². The van der Waals surface area contributed by atoms with E-state index in [1.54, 1.807) is 42.8 Å². The summed E-state index contributed by atoms with van der Waals surface area (Å²) in [6.07, 6.45) is 4.79. The minimum atomic E-state index is -0.235. The van der Waals surface area contributed by atoms with E-state index in [0.717, 1.165) is 11.4 Å². The van der Waals surface area contributed by atoms with Crippen molar-refractivity contribution in [1.29, 1.82) is 0 Å². The topological polar surface area (TPSA) is 67.2 Å². The van der Waals surface area contributed by atoms with Crippen LogP contribution in [0.15, 0.2) is 65.5 Å². The third kappa shape index (κ3) is 4.11. The number of carbonyl (C=O) groups is 1. The Labute approximate surface area is 138 Å². The van der Waals surface area contributed by atoms with Crippen molar-refractivity contribution in [2.45, 2.75) is 6.54 Å². The number of benzene rings is 1. The molecule has 0 radical (unpaired) electrons. The fourth-order valence-corrected chi connectivity index (χ4v) is 2.13. The largest absolute Gasteiger partial charge is 0.467 e. The summed E-state index contributed by atoms with van der Waals surface area (Å²) in [5.74, 6) is 0.572. The van der Waals surface area contributed by atoms with Crippen molar-refractivity contribution in [1.82, 2.24) is 4.98 Å².